The Balaban J connectivity index is 1.60. The lowest BCUT2D eigenvalue weighted by molar-refractivity contribution is 0.592. The van der Waals surface area contributed by atoms with Crippen molar-refractivity contribution in [3.63, 3.8) is 0 Å². The first kappa shape index (κ1) is 17.0. The molecule has 142 valence electrons. The topological polar surface area (TPSA) is 45.1 Å². The summed E-state index contributed by atoms with van der Waals surface area (Å²) in [7, 11) is 1.61. The van der Waals surface area contributed by atoms with Crippen molar-refractivity contribution in [1.82, 2.24) is 14.4 Å². The van der Waals surface area contributed by atoms with Crippen molar-refractivity contribution < 1.29 is 8.78 Å². The lowest BCUT2D eigenvalue weighted by Gasteiger charge is -2.10. The van der Waals surface area contributed by atoms with Crippen LogP contribution >= 0.6 is 0 Å². The van der Waals surface area contributed by atoms with Crippen LogP contribution in [0, 0.1) is 11.6 Å². The minimum Gasteiger partial charge on any atom is -0.386 e. The van der Waals surface area contributed by atoms with Crippen molar-refractivity contribution in [3.05, 3.63) is 65.7 Å². The number of fused-ring (bicyclic) bond motifs is 2. The Bertz CT molecular complexity index is 1170. The number of benzene rings is 1. The molecule has 3 heterocycles. The van der Waals surface area contributed by atoms with E-state index in [9.17, 15) is 8.78 Å². The van der Waals surface area contributed by atoms with E-state index in [1.807, 2.05) is 10.5 Å². The first-order valence-electron chi connectivity index (χ1n) is 9.49. The molecule has 6 heteroatoms. The lowest BCUT2D eigenvalue weighted by atomic mass is 9.98. The van der Waals surface area contributed by atoms with Gasteiger partial charge in [-0.3, -0.25) is 0 Å². The molecule has 0 spiro atoms. The first-order chi connectivity index (χ1) is 13.7. The SMILES string of the molecule is CNc1ccc(F)c(-c2ccc3c(-c4cc5c([nH]4)CCCC5)ncn3c2)c1F. The Morgan fingerprint density at radius 1 is 1.11 bits per heavy atom. The molecule has 0 atom stereocenters. The van der Waals surface area contributed by atoms with E-state index in [2.05, 4.69) is 21.4 Å². The van der Waals surface area contributed by atoms with Gasteiger partial charge in [0.2, 0.25) is 0 Å². The molecule has 1 aromatic carbocycles. The Kier molecular flexibility index (Phi) is 3.93. The number of anilines is 1. The van der Waals surface area contributed by atoms with Crippen molar-refractivity contribution in [2.75, 3.05) is 12.4 Å². The monoisotopic (exact) mass is 378 g/mol. The van der Waals surface area contributed by atoms with Crippen LogP contribution in [0.15, 0.2) is 42.9 Å². The third-order valence-electron chi connectivity index (χ3n) is 5.55. The Morgan fingerprint density at radius 2 is 1.96 bits per heavy atom. The summed E-state index contributed by atoms with van der Waals surface area (Å²) in [6, 6.07) is 8.46. The summed E-state index contributed by atoms with van der Waals surface area (Å²) in [6.07, 6.45) is 8.01. The Hall–Kier alpha value is -3.15. The lowest BCUT2D eigenvalue weighted by Crippen LogP contribution is -1.99. The zero-order valence-electron chi connectivity index (χ0n) is 15.5. The predicted molar refractivity (Wildman–Crippen MR) is 107 cm³/mol. The highest BCUT2D eigenvalue weighted by molar-refractivity contribution is 5.78. The number of aromatic amines is 1. The van der Waals surface area contributed by atoms with E-state index in [0.29, 0.717) is 5.56 Å². The number of aromatic nitrogens is 3. The molecular formula is C22H20F2N4. The molecule has 0 aliphatic heterocycles. The van der Waals surface area contributed by atoms with E-state index in [4.69, 9.17) is 0 Å². The van der Waals surface area contributed by atoms with Gasteiger partial charge in [-0.2, -0.15) is 0 Å². The summed E-state index contributed by atoms with van der Waals surface area (Å²) in [5, 5.41) is 2.75. The zero-order valence-corrected chi connectivity index (χ0v) is 15.5. The highest BCUT2D eigenvalue weighted by Crippen LogP contribution is 2.33. The maximum Gasteiger partial charge on any atom is 0.157 e. The van der Waals surface area contributed by atoms with Crippen LogP contribution in [-0.2, 0) is 12.8 Å². The van der Waals surface area contributed by atoms with Gasteiger partial charge >= 0.3 is 0 Å². The van der Waals surface area contributed by atoms with E-state index < -0.39 is 11.6 Å². The van der Waals surface area contributed by atoms with Gasteiger partial charge < -0.3 is 14.7 Å². The van der Waals surface area contributed by atoms with Gasteiger partial charge in [0.1, 0.15) is 17.8 Å². The molecule has 4 nitrogen and oxygen atoms in total. The van der Waals surface area contributed by atoms with Crippen LogP contribution in [0.1, 0.15) is 24.1 Å². The standard InChI is InChI=1S/C22H20F2N4/c1-25-17-8-7-15(23)20(21(17)24)14-6-9-19-22(26-12-28(19)11-14)18-10-13-4-2-3-5-16(13)27-18/h6-12,25,27H,2-5H2,1H3. The van der Waals surface area contributed by atoms with E-state index in [1.165, 1.54) is 36.2 Å². The average Bonchev–Trinajstić information content (AvgIpc) is 3.31. The molecular weight excluding hydrogens is 358 g/mol. The minimum absolute atomic E-state index is 0.0423. The number of hydrogen-bond acceptors (Lipinski definition) is 2. The fraction of sp³-hybridized carbons (Fsp3) is 0.227. The van der Waals surface area contributed by atoms with Gasteiger partial charge in [0.25, 0.3) is 0 Å². The van der Waals surface area contributed by atoms with Gasteiger partial charge in [-0.15, -0.1) is 0 Å². The normalized spacial score (nSPS) is 13.7. The molecule has 0 saturated carbocycles. The second-order valence-electron chi connectivity index (χ2n) is 7.23. The van der Waals surface area contributed by atoms with Crippen LogP contribution in [0.4, 0.5) is 14.5 Å². The van der Waals surface area contributed by atoms with E-state index in [0.717, 1.165) is 29.7 Å². The average molecular weight is 378 g/mol. The zero-order chi connectivity index (χ0) is 19.3. The highest BCUT2D eigenvalue weighted by Gasteiger charge is 2.18. The molecule has 0 bridgehead atoms. The number of H-pyrrole nitrogens is 1. The third kappa shape index (κ3) is 2.59. The fourth-order valence-corrected chi connectivity index (χ4v) is 4.10. The van der Waals surface area contributed by atoms with Crippen molar-refractivity contribution in [1.29, 1.82) is 0 Å². The molecule has 2 N–H and O–H groups in total. The van der Waals surface area contributed by atoms with Gasteiger partial charge in [-0.25, -0.2) is 13.8 Å². The number of aryl methyl sites for hydroxylation is 2. The fourth-order valence-electron chi connectivity index (χ4n) is 4.10. The summed E-state index contributed by atoms with van der Waals surface area (Å²) in [6.45, 7) is 0. The van der Waals surface area contributed by atoms with Gasteiger partial charge in [0, 0.05) is 24.5 Å². The molecule has 1 aliphatic carbocycles. The van der Waals surface area contributed by atoms with Crippen LogP contribution in [0.3, 0.4) is 0 Å². The van der Waals surface area contributed by atoms with Crippen LogP contribution in [0.2, 0.25) is 0 Å². The van der Waals surface area contributed by atoms with Gasteiger partial charge in [0.15, 0.2) is 5.82 Å². The number of hydrogen-bond donors (Lipinski definition) is 2. The van der Waals surface area contributed by atoms with E-state index in [1.54, 1.807) is 25.6 Å². The summed E-state index contributed by atoms with van der Waals surface area (Å²) >= 11 is 0. The van der Waals surface area contributed by atoms with Crippen molar-refractivity contribution in [2.24, 2.45) is 0 Å². The number of imidazole rings is 1. The van der Waals surface area contributed by atoms with Crippen LogP contribution in [0.5, 0.6) is 0 Å². The van der Waals surface area contributed by atoms with Gasteiger partial charge in [-0.1, -0.05) is 6.07 Å². The van der Waals surface area contributed by atoms with Crippen LogP contribution < -0.4 is 5.32 Å². The second-order valence-corrected chi connectivity index (χ2v) is 7.23. The number of halogens is 2. The maximum atomic E-state index is 14.7. The molecule has 0 fully saturated rings. The van der Waals surface area contributed by atoms with Crippen molar-refractivity contribution >= 4 is 11.2 Å². The second kappa shape index (κ2) is 6.48. The molecule has 0 unspecified atom stereocenters. The van der Waals surface area contributed by atoms with Crippen molar-refractivity contribution in [2.45, 2.75) is 25.7 Å². The summed E-state index contributed by atoms with van der Waals surface area (Å²) in [5.41, 5.74) is 6.10. The summed E-state index contributed by atoms with van der Waals surface area (Å²) in [5.74, 6) is -1.19. The van der Waals surface area contributed by atoms with E-state index >= 15 is 0 Å². The smallest absolute Gasteiger partial charge is 0.157 e. The van der Waals surface area contributed by atoms with Crippen molar-refractivity contribution in [3.8, 4) is 22.5 Å². The van der Waals surface area contributed by atoms with Crippen LogP contribution in [0.25, 0.3) is 28.0 Å². The molecule has 0 amide bonds. The minimum atomic E-state index is -0.598. The van der Waals surface area contributed by atoms with Gasteiger partial charge in [-0.05, 0) is 55.5 Å². The number of nitrogens with one attached hydrogen (secondary N) is 2. The molecule has 5 rings (SSSR count). The molecule has 0 radical (unpaired) electrons. The molecule has 28 heavy (non-hydrogen) atoms. The van der Waals surface area contributed by atoms with E-state index in [-0.39, 0.29) is 11.3 Å². The first-order valence-corrected chi connectivity index (χ1v) is 9.49. The summed E-state index contributed by atoms with van der Waals surface area (Å²) < 4.78 is 30.9. The third-order valence-corrected chi connectivity index (χ3v) is 5.55. The Labute approximate surface area is 161 Å². The molecule has 4 aromatic rings. The molecule has 3 aromatic heterocycles. The molecule has 0 saturated heterocycles. The quantitative estimate of drug-likeness (QED) is 0.515. The number of pyridine rings is 1. The largest absolute Gasteiger partial charge is 0.386 e. The number of nitrogens with zero attached hydrogens (tertiary/aromatic N) is 2. The molecule has 1 aliphatic rings. The number of rotatable bonds is 3. The Morgan fingerprint density at radius 3 is 2.79 bits per heavy atom. The highest BCUT2D eigenvalue weighted by atomic mass is 19.1. The maximum absolute atomic E-state index is 14.7. The predicted octanol–water partition coefficient (Wildman–Crippen LogP) is 5.20. The summed E-state index contributed by atoms with van der Waals surface area (Å²) in [4.78, 5) is 8.06. The van der Waals surface area contributed by atoms with Gasteiger partial charge in [0.05, 0.1) is 22.5 Å². The van der Waals surface area contributed by atoms with Crippen LogP contribution in [-0.4, -0.2) is 21.4 Å².